The molecule has 0 saturated heterocycles. The minimum atomic E-state index is 0.492. The smallest absolute Gasteiger partial charge is 0.163 e. The number of para-hydroxylation sites is 1. The SMILES string of the molecule is c1ccc2cc(-c3nc(Cc4cc5ccccc5c5c4c(-c4ccc6ccccc6c4)nc4ccccc45)nc(-c4ccc5ccccc5c4)n3)ccc2c1. The maximum absolute atomic E-state index is 5.42. The number of pyridine rings is 1. The van der Waals surface area contributed by atoms with E-state index in [9.17, 15) is 0 Å². The molecule has 55 heavy (non-hydrogen) atoms. The number of hydrogen-bond acceptors (Lipinski definition) is 4. The average Bonchev–Trinajstić information content (AvgIpc) is 3.25. The Kier molecular flexibility index (Phi) is 7.20. The van der Waals surface area contributed by atoms with E-state index in [-0.39, 0.29) is 0 Å². The Labute approximate surface area is 317 Å². The normalized spacial score (nSPS) is 11.7. The molecule has 0 atom stereocenters. The molecule has 0 spiro atoms. The molecule has 256 valence electrons. The number of aromatic nitrogens is 4. The molecule has 0 fully saturated rings. The molecule has 0 bridgehead atoms. The van der Waals surface area contributed by atoms with Gasteiger partial charge in [0.05, 0.1) is 11.2 Å². The van der Waals surface area contributed by atoms with Crippen LogP contribution in [-0.2, 0) is 6.42 Å². The molecule has 4 heteroatoms. The quantitative estimate of drug-likeness (QED) is 0.168. The van der Waals surface area contributed by atoms with Gasteiger partial charge in [-0.3, -0.25) is 0 Å². The van der Waals surface area contributed by atoms with E-state index >= 15 is 0 Å². The molecule has 0 unspecified atom stereocenters. The van der Waals surface area contributed by atoms with Crippen molar-refractivity contribution in [2.45, 2.75) is 6.42 Å². The zero-order valence-corrected chi connectivity index (χ0v) is 29.8. The Balaban J connectivity index is 1.18. The summed E-state index contributed by atoms with van der Waals surface area (Å²) in [6, 6.07) is 64.4. The molecule has 0 radical (unpaired) electrons. The van der Waals surface area contributed by atoms with Gasteiger partial charge in [-0.25, -0.2) is 19.9 Å². The number of benzene rings is 9. The fourth-order valence-electron chi connectivity index (χ4n) is 8.18. The van der Waals surface area contributed by atoms with E-state index < -0.39 is 0 Å². The monoisotopic (exact) mass is 700 g/mol. The summed E-state index contributed by atoms with van der Waals surface area (Å²) in [5.74, 6) is 2.01. The Morgan fingerprint density at radius 3 is 1.40 bits per heavy atom. The predicted octanol–water partition coefficient (Wildman–Crippen LogP) is 12.8. The number of nitrogens with zero attached hydrogens (tertiary/aromatic N) is 4. The molecule has 0 aliphatic heterocycles. The summed E-state index contributed by atoms with van der Waals surface area (Å²) < 4.78 is 0. The van der Waals surface area contributed by atoms with Crippen LogP contribution in [0.3, 0.4) is 0 Å². The minimum absolute atomic E-state index is 0.492. The molecular formula is C51H32N4. The average molecular weight is 701 g/mol. The molecule has 0 N–H and O–H groups in total. The second-order valence-electron chi connectivity index (χ2n) is 14.2. The molecule has 0 aliphatic rings. The standard InChI is InChI=1S/C51H32N4/c1-4-14-35-27-39(24-21-32(35)11-1)49-47-42(30-38-17-7-8-18-43(38)48(47)44-19-9-10-20-45(44)52-49)31-46-53-50(40-25-22-33-12-2-5-15-36(33)28-40)55-51(54-46)41-26-23-34-13-3-6-16-37(34)29-41/h1-30H,31H2. The summed E-state index contributed by atoms with van der Waals surface area (Å²) in [6.45, 7) is 0. The van der Waals surface area contributed by atoms with Crippen molar-refractivity contribution >= 4 is 64.8 Å². The van der Waals surface area contributed by atoms with E-state index in [1.165, 1.54) is 37.7 Å². The van der Waals surface area contributed by atoms with E-state index in [4.69, 9.17) is 19.9 Å². The van der Waals surface area contributed by atoms with Crippen LogP contribution in [-0.4, -0.2) is 19.9 Å². The largest absolute Gasteiger partial charge is 0.247 e. The number of rotatable bonds is 5. The van der Waals surface area contributed by atoms with Gasteiger partial charge in [0, 0.05) is 39.3 Å². The van der Waals surface area contributed by atoms with Crippen molar-refractivity contribution in [1.82, 2.24) is 19.9 Å². The Hall–Kier alpha value is -7.30. The first kappa shape index (κ1) is 31.2. The molecule has 9 aromatic carbocycles. The van der Waals surface area contributed by atoms with E-state index in [1.54, 1.807) is 0 Å². The first-order chi connectivity index (χ1) is 27.2. The van der Waals surface area contributed by atoms with Gasteiger partial charge in [-0.2, -0.15) is 0 Å². The molecule has 11 aromatic rings. The summed E-state index contributed by atoms with van der Waals surface area (Å²) in [6.07, 6.45) is 0.492. The van der Waals surface area contributed by atoms with Crippen molar-refractivity contribution in [2.75, 3.05) is 0 Å². The Morgan fingerprint density at radius 2 is 0.800 bits per heavy atom. The molecular weight excluding hydrogens is 669 g/mol. The summed E-state index contributed by atoms with van der Waals surface area (Å²) in [5, 5.41) is 12.9. The summed E-state index contributed by atoms with van der Waals surface area (Å²) >= 11 is 0. The minimum Gasteiger partial charge on any atom is -0.247 e. The lowest BCUT2D eigenvalue weighted by Crippen LogP contribution is -2.05. The van der Waals surface area contributed by atoms with Crippen LogP contribution in [0.4, 0.5) is 0 Å². The summed E-state index contributed by atoms with van der Waals surface area (Å²) in [7, 11) is 0. The third-order valence-corrected chi connectivity index (χ3v) is 10.8. The molecule has 0 amide bonds. The highest BCUT2D eigenvalue weighted by atomic mass is 15.0. The van der Waals surface area contributed by atoms with Crippen molar-refractivity contribution in [1.29, 1.82) is 0 Å². The van der Waals surface area contributed by atoms with E-state index in [1.807, 2.05) is 0 Å². The molecule has 0 aliphatic carbocycles. The first-order valence-electron chi connectivity index (χ1n) is 18.7. The van der Waals surface area contributed by atoms with Crippen LogP contribution < -0.4 is 0 Å². The second-order valence-corrected chi connectivity index (χ2v) is 14.2. The van der Waals surface area contributed by atoms with Gasteiger partial charge in [0.2, 0.25) is 0 Å². The number of fused-ring (bicyclic) bond motifs is 8. The van der Waals surface area contributed by atoms with E-state index in [2.05, 4.69) is 182 Å². The predicted molar refractivity (Wildman–Crippen MR) is 228 cm³/mol. The highest BCUT2D eigenvalue weighted by Gasteiger charge is 2.20. The highest BCUT2D eigenvalue weighted by Crippen LogP contribution is 2.41. The van der Waals surface area contributed by atoms with Crippen LogP contribution >= 0.6 is 0 Å². The molecule has 0 saturated carbocycles. The van der Waals surface area contributed by atoms with Gasteiger partial charge in [0.1, 0.15) is 5.82 Å². The maximum atomic E-state index is 5.42. The lowest BCUT2D eigenvalue weighted by molar-refractivity contribution is 0.937. The fourth-order valence-corrected chi connectivity index (χ4v) is 8.18. The highest BCUT2D eigenvalue weighted by molar-refractivity contribution is 6.23. The van der Waals surface area contributed by atoms with Crippen molar-refractivity contribution in [2.24, 2.45) is 0 Å². The molecule has 2 aromatic heterocycles. The van der Waals surface area contributed by atoms with Gasteiger partial charge in [0.15, 0.2) is 11.6 Å². The maximum Gasteiger partial charge on any atom is 0.163 e. The zero-order chi connectivity index (χ0) is 36.3. The van der Waals surface area contributed by atoms with Crippen LogP contribution in [0.1, 0.15) is 11.4 Å². The first-order valence-corrected chi connectivity index (χ1v) is 18.7. The van der Waals surface area contributed by atoms with Gasteiger partial charge in [-0.05, 0) is 79.0 Å². The van der Waals surface area contributed by atoms with Crippen molar-refractivity contribution < 1.29 is 0 Å². The Bertz CT molecular complexity index is 3200. The topological polar surface area (TPSA) is 51.6 Å². The van der Waals surface area contributed by atoms with Gasteiger partial charge in [-0.15, -0.1) is 0 Å². The number of hydrogen-bond donors (Lipinski definition) is 0. The summed E-state index contributed by atoms with van der Waals surface area (Å²) in [5.41, 5.74) is 6.04. The molecule has 2 heterocycles. The van der Waals surface area contributed by atoms with Crippen LogP contribution in [0.2, 0.25) is 0 Å². The van der Waals surface area contributed by atoms with Crippen LogP contribution in [0, 0.1) is 0 Å². The third-order valence-electron chi connectivity index (χ3n) is 10.8. The third kappa shape index (κ3) is 5.46. The fraction of sp³-hybridized carbons (Fsp3) is 0.0196. The van der Waals surface area contributed by atoms with Crippen molar-refractivity contribution in [3.05, 3.63) is 193 Å². The van der Waals surface area contributed by atoms with E-state index in [0.717, 1.165) is 55.0 Å². The molecule has 11 rings (SSSR count). The van der Waals surface area contributed by atoms with Gasteiger partial charge >= 0.3 is 0 Å². The van der Waals surface area contributed by atoms with Crippen LogP contribution in [0.5, 0.6) is 0 Å². The van der Waals surface area contributed by atoms with Crippen LogP contribution in [0.25, 0.3) is 98.8 Å². The lowest BCUT2D eigenvalue weighted by Gasteiger charge is -2.17. The van der Waals surface area contributed by atoms with Gasteiger partial charge in [-0.1, -0.05) is 152 Å². The van der Waals surface area contributed by atoms with Gasteiger partial charge < -0.3 is 0 Å². The second kappa shape index (κ2) is 12.7. The summed E-state index contributed by atoms with van der Waals surface area (Å²) in [4.78, 5) is 21.1. The Morgan fingerprint density at radius 1 is 0.327 bits per heavy atom. The lowest BCUT2D eigenvalue weighted by atomic mass is 9.90. The molecule has 4 nitrogen and oxygen atoms in total. The van der Waals surface area contributed by atoms with Crippen molar-refractivity contribution in [3.63, 3.8) is 0 Å². The zero-order valence-electron chi connectivity index (χ0n) is 29.8. The van der Waals surface area contributed by atoms with E-state index in [0.29, 0.717) is 23.9 Å². The van der Waals surface area contributed by atoms with Crippen LogP contribution in [0.15, 0.2) is 182 Å². The van der Waals surface area contributed by atoms with Crippen molar-refractivity contribution in [3.8, 4) is 34.0 Å². The van der Waals surface area contributed by atoms with Gasteiger partial charge in [0.25, 0.3) is 0 Å².